The highest BCUT2D eigenvalue weighted by Crippen LogP contribution is 2.18. The third-order valence-corrected chi connectivity index (χ3v) is 3.91. The van der Waals surface area contributed by atoms with E-state index >= 15 is 0 Å². The van der Waals surface area contributed by atoms with E-state index in [9.17, 15) is 4.79 Å². The molecule has 4 heteroatoms. The molecule has 1 aromatic rings. The molecule has 116 valence electrons. The number of hydrogen-bond acceptors (Lipinski definition) is 3. The van der Waals surface area contributed by atoms with E-state index in [1.807, 2.05) is 25.9 Å². The first-order valence-electron chi connectivity index (χ1n) is 7.87. The normalized spacial score (nSPS) is 14.0. The summed E-state index contributed by atoms with van der Waals surface area (Å²) in [5, 5.41) is 3.40. The van der Waals surface area contributed by atoms with Gasteiger partial charge in [-0.25, -0.2) is 0 Å². The molecule has 0 saturated heterocycles. The maximum absolute atomic E-state index is 12.2. The van der Waals surface area contributed by atoms with Crippen LogP contribution in [0.15, 0.2) is 24.3 Å². The second-order valence-corrected chi connectivity index (χ2v) is 5.95. The highest BCUT2D eigenvalue weighted by atomic mass is 16.2. The minimum atomic E-state index is 0.238. The van der Waals surface area contributed by atoms with Crippen LogP contribution in [0.5, 0.6) is 0 Å². The standard InChI is InChI=1S/C17H27N3O/c1-4-20(17(21)11-12-18-15-7-8-15)13-14-5-9-16(10-6-14)19(2)3/h5-6,9-10,15,18H,4,7-8,11-13H2,1-3H3. The van der Waals surface area contributed by atoms with E-state index < -0.39 is 0 Å². The summed E-state index contributed by atoms with van der Waals surface area (Å²) in [6.45, 7) is 4.31. The number of carbonyl (C=O) groups is 1. The fraction of sp³-hybridized carbons (Fsp3) is 0.588. The second kappa shape index (κ2) is 7.46. The molecule has 1 fully saturated rings. The average molecular weight is 289 g/mol. The van der Waals surface area contributed by atoms with Crippen molar-refractivity contribution in [1.82, 2.24) is 10.2 Å². The van der Waals surface area contributed by atoms with Crippen molar-refractivity contribution in [3.05, 3.63) is 29.8 Å². The largest absolute Gasteiger partial charge is 0.378 e. The predicted octanol–water partition coefficient (Wildman–Crippen LogP) is 2.24. The second-order valence-electron chi connectivity index (χ2n) is 5.95. The maximum atomic E-state index is 12.2. The van der Waals surface area contributed by atoms with Crippen LogP contribution in [-0.4, -0.2) is 44.0 Å². The van der Waals surface area contributed by atoms with Crippen molar-refractivity contribution in [2.24, 2.45) is 0 Å². The van der Waals surface area contributed by atoms with Crippen LogP contribution in [0, 0.1) is 0 Å². The summed E-state index contributed by atoms with van der Waals surface area (Å²) >= 11 is 0. The molecule has 4 nitrogen and oxygen atoms in total. The van der Waals surface area contributed by atoms with Crippen LogP contribution >= 0.6 is 0 Å². The number of carbonyl (C=O) groups excluding carboxylic acids is 1. The SMILES string of the molecule is CCN(Cc1ccc(N(C)C)cc1)C(=O)CCNC1CC1. The fourth-order valence-corrected chi connectivity index (χ4v) is 2.33. The summed E-state index contributed by atoms with van der Waals surface area (Å²) in [7, 11) is 4.06. The van der Waals surface area contributed by atoms with Gasteiger partial charge < -0.3 is 15.1 Å². The lowest BCUT2D eigenvalue weighted by Crippen LogP contribution is -2.33. The zero-order chi connectivity index (χ0) is 15.2. The summed E-state index contributed by atoms with van der Waals surface area (Å²) in [5.74, 6) is 0.238. The Labute approximate surface area is 128 Å². The van der Waals surface area contributed by atoms with Crippen molar-refractivity contribution in [1.29, 1.82) is 0 Å². The molecule has 1 aliphatic rings. The van der Waals surface area contributed by atoms with E-state index in [2.05, 4.69) is 34.5 Å². The molecule has 2 rings (SSSR count). The summed E-state index contributed by atoms with van der Waals surface area (Å²) in [6.07, 6.45) is 3.13. The average Bonchev–Trinajstić information content (AvgIpc) is 3.29. The zero-order valence-electron chi connectivity index (χ0n) is 13.4. The van der Waals surface area contributed by atoms with E-state index in [1.165, 1.54) is 24.1 Å². The molecular formula is C17H27N3O. The van der Waals surface area contributed by atoms with Crippen molar-refractivity contribution in [3.63, 3.8) is 0 Å². The van der Waals surface area contributed by atoms with Gasteiger partial charge in [0.2, 0.25) is 5.91 Å². The molecule has 1 aromatic carbocycles. The first kappa shape index (κ1) is 15.8. The van der Waals surface area contributed by atoms with Crippen LogP contribution < -0.4 is 10.2 Å². The van der Waals surface area contributed by atoms with Crippen LogP contribution in [0.3, 0.4) is 0 Å². The molecule has 0 spiro atoms. The molecule has 0 unspecified atom stereocenters. The van der Waals surface area contributed by atoms with Gasteiger partial charge in [-0.1, -0.05) is 12.1 Å². The molecule has 0 radical (unpaired) electrons. The smallest absolute Gasteiger partial charge is 0.224 e. The molecule has 1 N–H and O–H groups in total. The molecule has 21 heavy (non-hydrogen) atoms. The Kier molecular flexibility index (Phi) is 5.62. The number of nitrogens with zero attached hydrogens (tertiary/aromatic N) is 2. The van der Waals surface area contributed by atoms with E-state index in [1.54, 1.807) is 0 Å². The molecule has 1 saturated carbocycles. The quantitative estimate of drug-likeness (QED) is 0.797. The van der Waals surface area contributed by atoms with Gasteiger partial charge in [-0.2, -0.15) is 0 Å². The first-order chi connectivity index (χ1) is 10.1. The Balaban J connectivity index is 1.83. The summed E-state index contributed by atoms with van der Waals surface area (Å²) in [4.78, 5) is 16.2. The molecule has 0 aromatic heterocycles. The Bertz CT molecular complexity index is 452. The van der Waals surface area contributed by atoms with Gasteiger partial charge in [-0.15, -0.1) is 0 Å². The molecule has 0 heterocycles. The van der Waals surface area contributed by atoms with E-state index in [4.69, 9.17) is 0 Å². The molecule has 0 bridgehead atoms. The third-order valence-electron chi connectivity index (χ3n) is 3.91. The van der Waals surface area contributed by atoms with Crippen LogP contribution in [0.2, 0.25) is 0 Å². The molecule has 1 amide bonds. The van der Waals surface area contributed by atoms with Crippen molar-refractivity contribution >= 4 is 11.6 Å². The molecule has 0 atom stereocenters. The number of nitrogens with one attached hydrogen (secondary N) is 1. The number of amides is 1. The van der Waals surface area contributed by atoms with Gasteiger partial charge in [0.1, 0.15) is 0 Å². The number of hydrogen-bond donors (Lipinski definition) is 1. The minimum absolute atomic E-state index is 0.238. The van der Waals surface area contributed by atoms with Crippen molar-refractivity contribution in [2.45, 2.75) is 38.8 Å². The van der Waals surface area contributed by atoms with Crippen molar-refractivity contribution in [3.8, 4) is 0 Å². The summed E-state index contributed by atoms with van der Waals surface area (Å²) < 4.78 is 0. The van der Waals surface area contributed by atoms with Crippen LogP contribution in [0.25, 0.3) is 0 Å². The van der Waals surface area contributed by atoms with Gasteiger partial charge in [0.15, 0.2) is 0 Å². The Hall–Kier alpha value is -1.55. The van der Waals surface area contributed by atoms with E-state index in [0.29, 0.717) is 19.0 Å². The maximum Gasteiger partial charge on any atom is 0.224 e. The van der Waals surface area contributed by atoms with Gasteiger partial charge in [0, 0.05) is 51.9 Å². The van der Waals surface area contributed by atoms with Gasteiger partial charge >= 0.3 is 0 Å². The molecule has 1 aliphatic carbocycles. The number of benzene rings is 1. The Morgan fingerprint density at radius 2 is 1.90 bits per heavy atom. The fourth-order valence-electron chi connectivity index (χ4n) is 2.33. The van der Waals surface area contributed by atoms with E-state index in [0.717, 1.165) is 13.1 Å². The van der Waals surface area contributed by atoms with Gasteiger partial charge in [-0.05, 0) is 37.5 Å². The number of anilines is 1. The lowest BCUT2D eigenvalue weighted by atomic mass is 10.2. The van der Waals surface area contributed by atoms with E-state index in [-0.39, 0.29) is 5.91 Å². The first-order valence-corrected chi connectivity index (χ1v) is 7.87. The van der Waals surface area contributed by atoms with Crippen LogP contribution in [-0.2, 0) is 11.3 Å². The van der Waals surface area contributed by atoms with Crippen molar-refractivity contribution in [2.75, 3.05) is 32.1 Å². The van der Waals surface area contributed by atoms with Crippen LogP contribution in [0.4, 0.5) is 5.69 Å². The van der Waals surface area contributed by atoms with Gasteiger partial charge in [0.05, 0.1) is 0 Å². The predicted molar refractivity (Wildman–Crippen MR) is 87.5 cm³/mol. The number of rotatable bonds is 8. The van der Waals surface area contributed by atoms with Gasteiger partial charge in [-0.3, -0.25) is 4.79 Å². The topological polar surface area (TPSA) is 35.6 Å². The highest BCUT2D eigenvalue weighted by molar-refractivity contribution is 5.76. The summed E-state index contributed by atoms with van der Waals surface area (Å²) in [5.41, 5.74) is 2.37. The van der Waals surface area contributed by atoms with Crippen molar-refractivity contribution < 1.29 is 4.79 Å². The summed E-state index contributed by atoms with van der Waals surface area (Å²) in [6, 6.07) is 9.08. The monoisotopic (exact) mass is 289 g/mol. The Morgan fingerprint density at radius 3 is 2.43 bits per heavy atom. The van der Waals surface area contributed by atoms with Gasteiger partial charge in [0.25, 0.3) is 0 Å². The lowest BCUT2D eigenvalue weighted by Gasteiger charge is -2.22. The molecule has 0 aliphatic heterocycles. The van der Waals surface area contributed by atoms with Crippen LogP contribution in [0.1, 0.15) is 31.7 Å². The highest BCUT2D eigenvalue weighted by Gasteiger charge is 2.20. The lowest BCUT2D eigenvalue weighted by molar-refractivity contribution is -0.131. The third kappa shape index (κ3) is 5.05. The zero-order valence-corrected chi connectivity index (χ0v) is 13.4. The molecular weight excluding hydrogens is 262 g/mol. The minimum Gasteiger partial charge on any atom is -0.378 e. The Morgan fingerprint density at radius 1 is 1.24 bits per heavy atom.